The standard InChI is InChI=1S/C27H24BrN3O6S/c1-4-30-26(32)25(38-27(30)29-19-7-11-21(35-2)12-8-19)14-18-13-23(36-3)24(15-22(18)28)37-16-17-5-9-20(10-6-17)31(33)34/h5-15H,4,16H2,1-3H3/b25-14+,29-27?. The Morgan fingerprint density at radius 3 is 2.37 bits per heavy atom. The van der Waals surface area contributed by atoms with Crippen molar-refractivity contribution in [3.63, 3.8) is 0 Å². The van der Waals surface area contributed by atoms with E-state index in [9.17, 15) is 14.9 Å². The second kappa shape index (κ2) is 12.1. The summed E-state index contributed by atoms with van der Waals surface area (Å²) in [7, 11) is 3.14. The average molecular weight is 598 g/mol. The molecule has 3 aromatic carbocycles. The first-order valence-corrected chi connectivity index (χ1v) is 13.1. The number of carbonyl (C=O) groups is 1. The molecule has 0 unspecified atom stereocenters. The minimum absolute atomic E-state index is 0.0182. The highest BCUT2D eigenvalue weighted by Gasteiger charge is 2.32. The van der Waals surface area contributed by atoms with Gasteiger partial charge >= 0.3 is 0 Å². The van der Waals surface area contributed by atoms with Crippen molar-refractivity contribution in [2.75, 3.05) is 20.8 Å². The zero-order valence-corrected chi connectivity index (χ0v) is 23.2. The predicted octanol–water partition coefficient (Wildman–Crippen LogP) is 6.58. The number of hydrogen-bond donors (Lipinski definition) is 0. The number of ether oxygens (including phenoxy) is 3. The molecule has 4 rings (SSSR count). The predicted molar refractivity (Wildman–Crippen MR) is 151 cm³/mol. The second-order valence-corrected chi connectivity index (χ2v) is 9.85. The molecule has 1 amide bonds. The number of amides is 1. The van der Waals surface area contributed by atoms with Gasteiger partial charge in [0.1, 0.15) is 12.4 Å². The van der Waals surface area contributed by atoms with Crippen LogP contribution in [0.1, 0.15) is 18.1 Å². The molecule has 3 aromatic rings. The quantitative estimate of drug-likeness (QED) is 0.156. The summed E-state index contributed by atoms with van der Waals surface area (Å²) < 4.78 is 17.4. The lowest BCUT2D eigenvalue weighted by molar-refractivity contribution is -0.384. The highest BCUT2D eigenvalue weighted by Crippen LogP contribution is 2.39. The van der Waals surface area contributed by atoms with Gasteiger partial charge in [-0.25, -0.2) is 4.99 Å². The normalized spacial score (nSPS) is 15.3. The van der Waals surface area contributed by atoms with Crippen LogP contribution in [0.5, 0.6) is 17.2 Å². The number of methoxy groups -OCH3 is 2. The molecule has 9 nitrogen and oxygen atoms in total. The van der Waals surface area contributed by atoms with E-state index in [0.29, 0.717) is 32.6 Å². The largest absolute Gasteiger partial charge is 0.497 e. The summed E-state index contributed by atoms with van der Waals surface area (Å²) in [5.74, 6) is 1.57. The molecule has 1 aliphatic heterocycles. The van der Waals surface area contributed by atoms with E-state index in [1.165, 1.54) is 31.0 Å². The molecule has 0 aromatic heterocycles. The number of carbonyl (C=O) groups excluding carboxylic acids is 1. The fourth-order valence-electron chi connectivity index (χ4n) is 3.59. The second-order valence-electron chi connectivity index (χ2n) is 7.99. The van der Waals surface area contributed by atoms with Crippen LogP contribution in [0.15, 0.2) is 75.0 Å². The number of likely N-dealkylation sites (N-methyl/N-ethyl adjacent to an activating group) is 1. The third-order valence-corrected chi connectivity index (χ3v) is 7.31. The Bertz CT molecular complexity index is 1410. The number of hydrogen-bond acceptors (Lipinski definition) is 8. The van der Waals surface area contributed by atoms with Gasteiger partial charge in [-0.05, 0) is 84.4 Å². The van der Waals surface area contributed by atoms with Crippen molar-refractivity contribution in [1.82, 2.24) is 4.90 Å². The van der Waals surface area contributed by atoms with E-state index < -0.39 is 4.92 Å². The number of thioether (sulfide) groups is 1. The molecule has 0 atom stereocenters. The Morgan fingerprint density at radius 2 is 1.76 bits per heavy atom. The number of rotatable bonds is 9. The van der Waals surface area contributed by atoms with E-state index in [1.54, 1.807) is 42.4 Å². The van der Waals surface area contributed by atoms with Gasteiger partial charge in [-0.2, -0.15) is 0 Å². The summed E-state index contributed by atoms with van der Waals surface area (Å²) in [6.45, 7) is 2.59. The molecule has 0 saturated carbocycles. The molecule has 0 radical (unpaired) electrons. The molecule has 0 aliphatic carbocycles. The summed E-state index contributed by atoms with van der Waals surface area (Å²) in [6.07, 6.45) is 1.79. The van der Waals surface area contributed by atoms with Gasteiger partial charge in [0.2, 0.25) is 0 Å². The third-order valence-electron chi connectivity index (χ3n) is 5.61. The Kier molecular flexibility index (Phi) is 8.70. The molecule has 1 aliphatic rings. The highest BCUT2D eigenvalue weighted by molar-refractivity contribution is 9.10. The number of nitrogens with zero attached hydrogens (tertiary/aromatic N) is 3. The van der Waals surface area contributed by atoms with E-state index >= 15 is 0 Å². The fourth-order valence-corrected chi connectivity index (χ4v) is 5.08. The van der Waals surface area contributed by atoms with Crippen molar-refractivity contribution in [3.05, 3.63) is 91.3 Å². The Morgan fingerprint density at radius 1 is 1.05 bits per heavy atom. The molecule has 1 heterocycles. The zero-order chi connectivity index (χ0) is 27.2. The van der Waals surface area contributed by atoms with Crippen molar-refractivity contribution in [2.45, 2.75) is 13.5 Å². The van der Waals surface area contributed by atoms with E-state index in [2.05, 4.69) is 20.9 Å². The van der Waals surface area contributed by atoms with Crippen LogP contribution in [-0.4, -0.2) is 41.7 Å². The van der Waals surface area contributed by atoms with Gasteiger partial charge in [-0.15, -0.1) is 0 Å². The smallest absolute Gasteiger partial charge is 0.269 e. The van der Waals surface area contributed by atoms with Crippen LogP contribution in [-0.2, 0) is 11.4 Å². The van der Waals surface area contributed by atoms with Gasteiger partial charge in [0.25, 0.3) is 11.6 Å². The van der Waals surface area contributed by atoms with Crippen molar-refractivity contribution < 1.29 is 23.9 Å². The van der Waals surface area contributed by atoms with Gasteiger partial charge in [0.05, 0.1) is 29.7 Å². The van der Waals surface area contributed by atoms with E-state index in [-0.39, 0.29) is 18.2 Å². The Hall–Kier alpha value is -3.83. The number of nitro benzene ring substituents is 1. The highest BCUT2D eigenvalue weighted by atomic mass is 79.9. The zero-order valence-electron chi connectivity index (χ0n) is 20.8. The van der Waals surface area contributed by atoms with Crippen molar-refractivity contribution in [2.24, 2.45) is 4.99 Å². The lowest BCUT2D eigenvalue weighted by Crippen LogP contribution is -2.28. The number of amidine groups is 1. The van der Waals surface area contributed by atoms with Gasteiger partial charge in [0, 0.05) is 23.2 Å². The molecule has 196 valence electrons. The molecule has 1 fully saturated rings. The summed E-state index contributed by atoms with van der Waals surface area (Å²) in [5.41, 5.74) is 2.25. The summed E-state index contributed by atoms with van der Waals surface area (Å²) >= 11 is 4.88. The molecule has 1 saturated heterocycles. The van der Waals surface area contributed by atoms with Crippen LogP contribution in [0.3, 0.4) is 0 Å². The molecule has 0 bridgehead atoms. The maximum absolute atomic E-state index is 13.1. The van der Waals surface area contributed by atoms with Crippen LogP contribution in [0.4, 0.5) is 11.4 Å². The lowest BCUT2D eigenvalue weighted by Gasteiger charge is -2.13. The number of halogens is 1. The first-order valence-electron chi connectivity index (χ1n) is 11.5. The summed E-state index contributed by atoms with van der Waals surface area (Å²) in [6, 6.07) is 17.0. The number of benzene rings is 3. The molecule has 38 heavy (non-hydrogen) atoms. The first-order chi connectivity index (χ1) is 18.3. The molecule has 0 N–H and O–H groups in total. The SMILES string of the molecule is CCN1C(=O)/C(=C\c2cc(OC)c(OCc3ccc([N+](=O)[O-])cc3)cc2Br)SC1=Nc1ccc(OC)cc1. The van der Waals surface area contributed by atoms with Gasteiger partial charge < -0.3 is 14.2 Å². The van der Waals surface area contributed by atoms with Crippen LogP contribution < -0.4 is 14.2 Å². The number of nitro groups is 1. The van der Waals surface area contributed by atoms with Crippen LogP contribution in [0.25, 0.3) is 6.08 Å². The maximum atomic E-state index is 13.1. The summed E-state index contributed by atoms with van der Waals surface area (Å²) in [4.78, 5) is 30.4. The van der Waals surface area contributed by atoms with Crippen LogP contribution in [0, 0.1) is 10.1 Å². The first kappa shape index (κ1) is 27.2. The van der Waals surface area contributed by atoms with Crippen molar-refractivity contribution >= 4 is 56.2 Å². The maximum Gasteiger partial charge on any atom is 0.269 e. The van der Waals surface area contributed by atoms with Gasteiger partial charge in [-0.3, -0.25) is 19.8 Å². The van der Waals surface area contributed by atoms with Crippen molar-refractivity contribution in [1.29, 1.82) is 0 Å². The Balaban J connectivity index is 1.55. The monoisotopic (exact) mass is 597 g/mol. The molecular weight excluding hydrogens is 574 g/mol. The van der Waals surface area contributed by atoms with E-state index in [0.717, 1.165) is 22.6 Å². The van der Waals surface area contributed by atoms with Crippen LogP contribution >= 0.6 is 27.7 Å². The summed E-state index contributed by atoms with van der Waals surface area (Å²) in [5, 5.41) is 11.5. The molecule has 0 spiro atoms. The third kappa shape index (κ3) is 6.17. The Labute approximate surface area is 232 Å². The number of non-ortho nitro benzene ring substituents is 1. The van der Waals surface area contributed by atoms with Crippen molar-refractivity contribution in [3.8, 4) is 17.2 Å². The van der Waals surface area contributed by atoms with Crippen LogP contribution in [0.2, 0.25) is 0 Å². The topological polar surface area (TPSA) is 104 Å². The molecule has 11 heteroatoms. The minimum Gasteiger partial charge on any atom is -0.497 e. The van der Waals surface area contributed by atoms with Gasteiger partial charge in [-0.1, -0.05) is 15.9 Å². The average Bonchev–Trinajstić information content (AvgIpc) is 3.22. The number of aliphatic imine (C=N–C) groups is 1. The molecular formula is C27H24BrN3O6S. The fraction of sp³-hybridized carbons (Fsp3) is 0.185. The van der Waals surface area contributed by atoms with E-state index in [4.69, 9.17) is 14.2 Å². The lowest BCUT2D eigenvalue weighted by atomic mass is 10.1. The van der Waals surface area contributed by atoms with Gasteiger partial charge in [0.15, 0.2) is 16.7 Å². The van der Waals surface area contributed by atoms with E-state index in [1.807, 2.05) is 31.2 Å². The minimum atomic E-state index is -0.445.